The van der Waals surface area contributed by atoms with Gasteiger partial charge in [0.15, 0.2) is 11.6 Å². The molecular formula is C21H32N2O6. The van der Waals surface area contributed by atoms with Crippen molar-refractivity contribution in [1.29, 1.82) is 0 Å². The largest absolute Gasteiger partial charge is 0.490 e. The van der Waals surface area contributed by atoms with Gasteiger partial charge in [-0.05, 0) is 31.4 Å². The molecule has 0 radical (unpaired) electrons. The van der Waals surface area contributed by atoms with E-state index in [2.05, 4.69) is 10.3 Å². The Morgan fingerprint density at radius 1 is 0.828 bits per heavy atom. The van der Waals surface area contributed by atoms with Gasteiger partial charge >= 0.3 is 11.9 Å². The van der Waals surface area contributed by atoms with Gasteiger partial charge in [0.25, 0.3) is 0 Å². The van der Waals surface area contributed by atoms with E-state index in [0.29, 0.717) is 24.4 Å². The molecule has 0 aliphatic rings. The highest BCUT2D eigenvalue weighted by Crippen LogP contribution is 2.21. The van der Waals surface area contributed by atoms with Gasteiger partial charge in [-0.1, -0.05) is 38.5 Å². The molecule has 3 N–H and O–H groups in total. The fourth-order valence-corrected chi connectivity index (χ4v) is 2.82. The van der Waals surface area contributed by atoms with E-state index in [4.69, 9.17) is 14.9 Å². The van der Waals surface area contributed by atoms with Crippen molar-refractivity contribution in [3.05, 3.63) is 18.3 Å². The molecule has 29 heavy (non-hydrogen) atoms. The predicted octanol–water partition coefficient (Wildman–Crippen LogP) is 4.25. The van der Waals surface area contributed by atoms with E-state index in [1.807, 2.05) is 0 Å². The van der Waals surface area contributed by atoms with Crippen molar-refractivity contribution in [2.24, 2.45) is 0 Å². The zero-order valence-corrected chi connectivity index (χ0v) is 16.9. The number of hydrogen-bond acceptors (Lipinski definition) is 5. The monoisotopic (exact) mass is 408 g/mol. The number of amides is 1. The molecule has 1 aromatic rings. The molecule has 0 spiro atoms. The third-order valence-corrected chi connectivity index (χ3v) is 4.37. The van der Waals surface area contributed by atoms with Crippen LogP contribution in [0, 0.1) is 0 Å². The summed E-state index contributed by atoms with van der Waals surface area (Å²) in [7, 11) is 0. The number of nitrogens with one attached hydrogen (secondary N) is 1. The van der Waals surface area contributed by atoms with E-state index in [0.717, 1.165) is 51.4 Å². The molecule has 0 atom stereocenters. The molecule has 0 aromatic carbocycles. The van der Waals surface area contributed by atoms with E-state index in [9.17, 15) is 14.4 Å². The number of hydrogen-bond donors (Lipinski definition) is 3. The second-order valence-electron chi connectivity index (χ2n) is 6.97. The second-order valence-corrected chi connectivity index (χ2v) is 6.97. The van der Waals surface area contributed by atoms with Crippen LogP contribution in [0.25, 0.3) is 0 Å². The Balaban J connectivity index is 2.14. The fourth-order valence-electron chi connectivity index (χ4n) is 2.82. The highest BCUT2D eigenvalue weighted by molar-refractivity contribution is 5.91. The summed E-state index contributed by atoms with van der Waals surface area (Å²) in [4.78, 5) is 37.2. The van der Waals surface area contributed by atoms with Crippen molar-refractivity contribution in [1.82, 2.24) is 4.98 Å². The molecule has 8 heteroatoms. The lowest BCUT2D eigenvalue weighted by Crippen LogP contribution is -2.14. The summed E-state index contributed by atoms with van der Waals surface area (Å²) in [6.07, 6.45) is 10.4. The van der Waals surface area contributed by atoms with Crippen LogP contribution in [0.2, 0.25) is 0 Å². The first kappa shape index (κ1) is 24.4. The Morgan fingerprint density at radius 3 is 2.00 bits per heavy atom. The fraction of sp³-hybridized carbons (Fsp3) is 0.619. The minimum atomic E-state index is -0.869. The first-order chi connectivity index (χ1) is 14.0. The molecule has 0 aliphatic heterocycles. The van der Waals surface area contributed by atoms with Crippen molar-refractivity contribution in [3.8, 4) is 5.75 Å². The normalized spacial score (nSPS) is 10.5. The van der Waals surface area contributed by atoms with Gasteiger partial charge in [-0.15, -0.1) is 0 Å². The van der Waals surface area contributed by atoms with E-state index < -0.39 is 11.9 Å². The molecular weight excluding hydrogens is 376 g/mol. The van der Waals surface area contributed by atoms with Gasteiger partial charge in [0.05, 0.1) is 6.61 Å². The van der Waals surface area contributed by atoms with Gasteiger partial charge in [0.2, 0.25) is 5.91 Å². The molecule has 0 fully saturated rings. The second kappa shape index (κ2) is 15.3. The molecule has 0 saturated carbocycles. The molecule has 1 rings (SSSR count). The smallest absolute Gasteiger partial charge is 0.303 e. The number of pyridine rings is 1. The van der Waals surface area contributed by atoms with Crippen LogP contribution in [0.1, 0.15) is 77.0 Å². The Labute approximate surface area is 171 Å². The van der Waals surface area contributed by atoms with E-state index in [1.165, 1.54) is 0 Å². The Bertz CT molecular complexity index is 635. The van der Waals surface area contributed by atoms with E-state index in [-0.39, 0.29) is 25.4 Å². The number of carboxylic acid groups (broad SMARTS) is 2. The van der Waals surface area contributed by atoms with Crippen LogP contribution in [0.4, 0.5) is 5.82 Å². The highest BCUT2D eigenvalue weighted by Gasteiger charge is 2.09. The minimum Gasteiger partial charge on any atom is -0.490 e. The third kappa shape index (κ3) is 13.2. The molecule has 8 nitrogen and oxygen atoms in total. The minimum absolute atomic E-state index is 0.0320. The van der Waals surface area contributed by atoms with Crippen molar-refractivity contribution in [2.75, 3.05) is 11.9 Å². The Hall–Kier alpha value is -2.64. The first-order valence-corrected chi connectivity index (χ1v) is 10.3. The maximum atomic E-state index is 12.1. The standard InChI is InChI=1S/C21H32N2O6/c24-18(12-7-5-3-1-2-4-6-8-13-19(25)26)23-21-17(11-9-15-22-21)29-16-10-14-20(27)28/h9,11,15H,1-8,10,12-14,16H2,(H,25,26)(H,27,28)(H,22,23,24). The van der Waals surface area contributed by atoms with E-state index >= 15 is 0 Å². The van der Waals surface area contributed by atoms with Crippen molar-refractivity contribution < 1.29 is 29.3 Å². The summed E-state index contributed by atoms with van der Waals surface area (Å²) in [5.41, 5.74) is 0. The van der Waals surface area contributed by atoms with Crippen LogP contribution in [0.15, 0.2) is 18.3 Å². The molecule has 0 bridgehead atoms. The number of carbonyl (C=O) groups is 3. The average molecular weight is 408 g/mol. The number of aromatic nitrogens is 1. The van der Waals surface area contributed by atoms with Crippen molar-refractivity contribution in [2.45, 2.75) is 77.0 Å². The van der Waals surface area contributed by atoms with Crippen LogP contribution < -0.4 is 10.1 Å². The SMILES string of the molecule is O=C(O)CCCCCCCCCCC(=O)Nc1ncccc1OCCCC(=O)O. The van der Waals surface area contributed by atoms with Gasteiger partial charge in [-0.25, -0.2) is 4.98 Å². The summed E-state index contributed by atoms with van der Waals surface area (Å²) in [5.74, 6) is -0.923. The maximum Gasteiger partial charge on any atom is 0.303 e. The maximum absolute atomic E-state index is 12.1. The molecule has 0 aliphatic carbocycles. The van der Waals surface area contributed by atoms with Gasteiger partial charge in [0, 0.05) is 25.5 Å². The summed E-state index contributed by atoms with van der Waals surface area (Å²) in [6, 6.07) is 3.39. The number of anilines is 1. The highest BCUT2D eigenvalue weighted by atomic mass is 16.5. The lowest BCUT2D eigenvalue weighted by Gasteiger charge is -2.11. The van der Waals surface area contributed by atoms with Gasteiger partial charge in [0.1, 0.15) is 0 Å². The molecule has 1 heterocycles. The molecule has 162 valence electrons. The number of carbonyl (C=O) groups excluding carboxylic acids is 1. The quantitative estimate of drug-likeness (QED) is 0.329. The predicted molar refractivity (Wildman–Crippen MR) is 109 cm³/mol. The number of nitrogens with zero attached hydrogens (tertiary/aromatic N) is 1. The molecule has 0 saturated heterocycles. The average Bonchev–Trinajstić information content (AvgIpc) is 2.67. The topological polar surface area (TPSA) is 126 Å². The van der Waals surface area contributed by atoms with Crippen LogP contribution in [-0.4, -0.2) is 39.6 Å². The lowest BCUT2D eigenvalue weighted by atomic mass is 10.1. The summed E-state index contributed by atoms with van der Waals surface area (Å²) in [6.45, 7) is 0.247. The lowest BCUT2D eigenvalue weighted by molar-refractivity contribution is -0.138. The third-order valence-electron chi connectivity index (χ3n) is 4.37. The van der Waals surface area contributed by atoms with E-state index in [1.54, 1.807) is 18.3 Å². The number of aliphatic carboxylic acids is 2. The van der Waals surface area contributed by atoms with Crippen LogP contribution in [0.3, 0.4) is 0 Å². The zero-order valence-electron chi connectivity index (χ0n) is 16.9. The van der Waals surface area contributed by atoms with Crippen LogP contribution >= 0.6 is 0 Å². The summed E-state index contributed by atoms with van der Waals surface area (Å²) in [5, 5.41) is 20.0. The number of carboxylic acids is 2. The number of unbranched alkanes of at least 4 members (excludes halogenated alkanes) is 7. The van der Waals surface area contributed by atoms with Crippen molar-refractivity contribution >= 4 is 23.7 Å². The Kier molecular flexibility index (Phi) is 12.9. The molecule has 0 unspecified atom stereocenters. The van der Waals surface area contributed by atoms with Crippen molar-refractivity contribution in [3.63, 3.8) is 0 Å². The first-order valence-electron chi connectivity index (χ1n) is 10.3. The Morgan fingerprint density at radius 2 is 1.38 bits per heavy atom. The van der Waals surface area contributed by atoms with Crippen LogP contribution in [0.5, 0.6) is 5.75 Å². The molecule has 1 aromatic heterocycles. The zero-order chi connectivity index (χ0) is 21.3. The van der Waals surface area contributed by atoms with Gasteiger partial charge in [-0.3, -0.25) is 14.4 Å². The number of rotatable bonds is 17. The van der Waals surface area contributed by atoms with Crippen LogP contribution in [-0.2, 0) is 14.4 Å². The van der Waals surface area contributed by atoms with Gasteiger partial charge < -0.3 is 20.3 Å². The summed E-state index contributed by atoms with van der Waals surface area (Å²) < 4.78 is 5.53. The number of ether oxygens (including phenoxy) is 1. The van der Waals surface area contributed by atoms with Gasteiger partial charge in [-0.2, -0.15) is 0 Å². The molecule has 1 amide bonds. The summed E-state index contributed by atoms with van der Waals surface area (Å²) >= 11 is 0.